The number of nitrogens with one attached hydrogen (secondary N) is 2. The van der Waals surface area contributed by atoms with Crippen LogP contribution >= 0.6 is 0 Å². The van der Waals surface area contributed by atoms with Crippen LogP contribution < -0.4 is 10.1 Å². The minimum atomic E-state index is -0.115. The number of aryl methyl sites for hydroxylation is 2. The molecule has 0 radical (unpaired) electrons. The highest BCUT2D eigenvalue weighted by molar-refractivity contribution is 5.96. The van der Waals surface area contributed by atoms with E-state index in [1.807, 2.05) is 74.6 Å². The van der Waals surface area contributed by atoms with E-state index in [1.54, 1.807) is 0 Å². The first-order valence-electron chi connectivity index (χ1n) is 9.03. The molecule has 0 atom stereocenters. The highest BCUT2D eigenvalue weighted by Gasteiger charge is 2.14. The minimum absolute atomic E-state index is 0.115. The molecule has 0 aliphatic rings. The third-order valence-electron chi connectivity index (χ3n) is 4.49. The predicted molar refractivity (Wildman–Crippen MR) is 109 cm³/mol. The number of aromatic amines is 1. The summed E-state index contributed by atoms with van der Waals surface area (Å²) in [5, 5.41) is 3.99. The number of fused-ring (bicyclic) bond motifs is 1. The van der Waals surface area contributed by atoms with Crippen molar-refractivity contribution in [3.63, 3.8) is 0 Å². The van der Waals surface area contributed by atoms with Crippen molar-refractivity contribution in [2.24, 2.45) is 0 Å². The fourth-order valence-electron chi connectivity index (χ4n) is 3.14. The molecule has 140 valence electrons. The minimum Gasteiger partial charge on any atom is -0.424 e. The predicted octanol–water partition coefficient (Wildman–Crippen LogP) is 4.55. The van der Waals surface area contributed by atoms with E-state index >= 15 is 0 Å². The number of ether oxygens (including phenoxy) is 1. The molecule has 2 aromatic carbocycles. The van der Waals surface area contributed by atoms with Crippen LogP contribution in [0.1, 0.15) is 17.0 Å². The lowest BCUT2D eigenvalue weighted by Gasteiger charge is -2.12. The van der Waals surface area contributed by atoms with Gasteiger partial charge in [0.25, 0.3) is 0 Å². The van der Waals surface area contributed by atoms with Gasteiger partial charge in [0.1, 0.15) is 5.75 Å². The third-order valence-corrected chi connectivity index (χ3v) is 4.49. The lowest BCUT2D eigenvalue weighted by Crippen LogP contribution is -2.17. The van der Waals surface area contributed by atoms with Crippen LogP contribution in [-0.4, -0.2) is 20.9 Å². The number of hydrogen-bond donors (Lipinski definition) is 2. The molecule has 2 heterocycles. The van der Waals surface area contributed by atoms with Crippen molar-refractivity contribution in [1.82, 2.24) is 15.0 Å². The maximum atomic E-state index is 12.6. The molecule has 4 aromatic rings. The number of para-hydroxylation sites is 2. The first-order chi connectivity index (χ1) is 13.6. The van der Waals surface area contributed by atoms with Crippen molar-refractivity contribution >= 4 is 22.5 Å². The number of anilines is 1. The van der Waals surface area contributed by atoms with Crippen LogP contribution in [0.2, 0.25) is 0 Å². The van der Waals surface area contributed by atoms with Crippen LogP contribution in [0.15, 0.2) is 60.8 Å². The molecule has 2 N–H and O–H groups in total. The van der Waals surface area contributed by atoms with Crippen LogP contribution in [0.3, 0.4) is 0 Å². The Labute approximate surface area is 162 Å². The van der Waals surface area contributed by atoms with Crippen molar-refractivity contribution in [2.45, 2.75) is 20.3 Å². The van der Waals surface area contributed by atoms with Crippen molar-refractivity contribution in [3.05, 3.63) is 77.7 Å². The second kappa shape index (κ2) is 7.52. The Hall–Kier alpha value is -3.67. The Balaban J connectivity index is 1.50. The summed E-state index contributed by atoms with van der Waals surface area (Å²) in [6.45, 7) is 3.65. The smallest absolute Gasteiger partial charge is 0.322 e. The monoisotopic (exact) mass is 372 g/mol. The van der Waals surface area contributed by atoms with E-state index < -0.39 is 0 Å². The summed E-state index contributed by atoms with van der Waals surface area (Å²) >= 11 is 0. The summed E-state index contributed by atoms with van der Waals surface area (Å²) in [6.07, 6.45) is 2.14. The van der Waals surface area contributed by atoms with Crippen molar-refractivity contribution in [2.75, 3.05) is 5.32 Å². The summed E-state index contributed by atoms with van der Waals surface area (Å²) in [4.78, 5) is 24.5. The molecule has 0 aliphatic carbocycles. The lowest BCUT2D eigenvalue weighted by atomic mass is 10.1. The van der Waals surface area contributed by atoms with Crippen LogP contribution in [0.4, 0.5) is 5.69 Å². The zero-order valence-electron chi connectivity index (χ0n) is 15.7. The number of H-pyrrole nitrogens is 1. The van der Waals surface area contributed by atoms with Gasteiger partial charge in [-0.3, -0.25) is 4.79 Å². The van der Waals surface area contributed by atoms with Gasteiger partial charge in [0.2, 0.25) is 5.91 Å². The quantitative estimate of drug-likeness (QED) is 0.539. The number of nitrogens with zero attached hydrogens (tertiary/aromatic N) is 2. The summed E-state index contributed by atoms with van der Waals surface area (Å²) in [7, 11) is 0. The zero-order chi connectivity index (χ0) is 19.5. The van der Waals surface area contributed by atoms with E-state index in [-0.39, 0.29) is 18.3 Å². The normalized spacial score (nSPS) is 10.8. The molecule has 0 unspecified atom stereocenters. The molecule has 28 heavy (non-hydrogen) atoms. The summed E-state index contributed by atoms with van der Waals surface area (Å²) < 4.78 is 5.69. The summed E-state index contributed by atoms with van der Waals surface area (Å²) in [5.41, 5.74) is 3.90. The van der Waals surface area contributed by atoms with E-state index in [0.717, 1.165) is 16.5 Å². The van der Waals surface area contributed by atoms with Crippen LogP contribution in [0, 0.1) is 13.8 Å². The number of amides is 1. The van der Waals surface area contributed by atoms with E-state index in [4.69, 9.17) is 4.74 Å². The van der Waals surface area contributed by atoms with Gasteiger partial charge in [-0.25, -0.2) is 0 Å². The molecule has 0 aliphatic heterocycles. The number of carbonyl (C=O) groups excluding carboxylic acids is 1. The SMILES string of the molecule is Cc1nc(Oc2ccccc2)nc(C)c1NC(=O)Cc1c[nH]c2ccccc12. The van der Waals surface area contributed by atoms with Gasteiger partial charge in [-0.05, 0) is 37.6 Å². The van der Waals surface area contributed by atoms with E-state index in [9.17, 15) is 4.79 Å². The third kappa shape index (κ3) is 3.71. The molecular formula is C22H20N4O2. The van der Waals surface area contributed by atoms with Gasteiger partial charge < -0.3 is 15.0 Å². The summed E-state index contributed by atoms with van der Waals surface area (Å²) in [6, 6.07) is 17.5. The van der Waals surface area contributed by atoms with Gasteiger partial charge in [0.05, 0.1) is 23.5 Å². The first-order valence-corrected chi connectivity index (χ1v) is 9.03. The second-order valence-corrected chi connectivity index (χ2v) is 6.55. The molecule has 0 saturated carbocycles. The highest BCUT2D eigenvalue weighted by atomic mass is 16.5. The average Bonchev–Trinajstić information content (AvgIpc) is 3.08. The van der Waals surface area contributed by atoms with Crippen molar-refractivity contribution < 1.29 is 9.53 Å². The van der Waals surface area contributed by atoms with Gasteiger partial charge in [-0.2, -0.15) is 9.97 Å². The molecule has 6 nitrogen and oxygen atoms in total. The Morgan fingerprint density at radius 2 is 1.68 bits per heavy atom. The number of hydrogen-bond acceptors (Lipinski definition) is 4. The van der Waals surface area contributed by atoms with E-state index in [1.165, 1.54) is 0 Å². The molecule has 0 bridgehead atoms. The van der Waals surface area contributed by atoms with Gasteiger partial charge in [-0.15, -0.1) is 0 Å². The largest absolute Gasteiger partial charge is 0.424 e. The fraction of sp³-hybridized carbons (Fsp3) is 0.136. The maximum Gasteiger partial charge on any atom is 0.322 e. The zero-order valence-corrected chi connectivity index (χ0v) is 15.7. The fourth-order valence-corrected chi connectivity index (χ4v) is 3.14. The number of carbonyl (C=O) groups is 1. The van der Waals surface area contributed by atoms with E-state index in [2.05, 4.69) is 20.3 Å². The molecule has 1 amide bonds. The van der Waals surface area contributed by atoms with Crippen LogP contribution in [0.25, 0.3) is 10.9 Å². The molecular weight excluding hydrogens is 352 g/mol. The Kier molecular flexibility index (Phi) is 4.76. The molecule has 2 aromatic heterocycles. The Morgan fingerprint density at radius 3 is 2.43 bits per heavy atom. The Bertz CT molecular complexity index is 1110. The summed E-state index contributed by atoms with van der Waals surface area (Å²) in [5.74, 6) is 0.550. The second-order valence-electron chi connectivity index (χ2n) is 6.55. The van der Waals surface area contributed by atoms with Gasteiger partial charge in [0, 0.05) is 17.1 Å². The molecule has 0 spiro atoms. The van der Waals surface area contributed by atoms with E-state index in [0.29, 0.717) is 22.8 Å². The highest BCUT2D eigenvalue weighted by Crippen LogP contribution is 2.24. The van der Waals surface area contributed by atoms with Gasteiger partial charge >= 0.3 is 6.01 Å². The molecule has 0 fully saturated rings. The molecule has 0 saturated heterocycles. The Morgan fingerprint density at radius 1 is 1.00 bits per heavy atom. The number of aromatic nitrogens is 3. The molecule has 6 heteroatoms. The average molecular weight is 372 g/mol. The number of benzene rings is 2. The van der Waals surface area contributed by atoms with Crippen molar-refractivity contribution in [1.29, 1.82) is 0 Å². The van der Waals surface area contributed by atoms with Gasteiger partial charge in [0.15, 0.2) is 0 Å². The van der Waals surface area contributed by atoms with Gasteiger partial charge in [-0.1, -0.05) is 36.4 Å². The maximum absolute atomic E-state index is 12.6. The van der Waals surface area contributed by atoms with Crippen LogP contribution in [-0.2, 0) is 11.2 Å². The number of rotatable bonds is 5. The van der Waals surface area contributed by atoms with Crippen molar-refractivity contribution in [3.8, 4) is 11.8 Å². The first kappa shape index (κ1) is 17.7. The standard InChI is InChI=1S/C22H20N4O2/c1-14-21(15(2)25-22(24-14)28-17-8-4-3-5-9-17)26-20(27)12-16-13-23-19-11-7-6-10-18(16)19/h3-11,13,23H,12H2,1-2H3,(H,26,27). The lowest BCUT2D eigenvalue weighted by molar-refractivity contribution is -0.115. The molecule has 4 rings (SSSR count). The van der Waals surface area contributed by atoms with Crippen LogP contribution in [0.5, 0.6) is 11.8 Å². The topological polar surface area (TPSA) is 79.9 Å².